The van der Waals surface area contributed by atoms with Crippen LogP contribution in [-0.4, -0.2) is 17.9 Å². The van der Waals surface area contributed by atoms with Gasteiger partial charge in [-0.3, -0.25) is 4.79 Å². The Kier molecular flexibility index (Phi) is 6.25. The van der Waals surface area contributed by atoms with Gasteiger partial charge in [-0.1, -0.05) is 55.8 Å². The highest BCUT2D eigenvalue weighted by Gasteiger charge is 2.19. The van der Waals surface area contributed by atoms with Gasteiger partial charge < -0.3 is 4.90 Å². The average Bonchev–Trinajstić information content (AvgIpc) is 2.29. The zero-order valence-corrected chi connectivity index (χ0v) is 14.8. The quantitative estimate of drug-likeness (QED) is 0.749. The molecule has 20 heavy (non-hydrogen) atoms. The van der Waals surface area contributed by atoms with Gasteiger partial charge in [-0.05, 0) is 35.4 Å². The standard InChI is InChI=1S/C17H26BrNO/c1-13(11-17(2,3)4)10-16(20)19(5)12-14-6-8-15(18)9-7-14/h6-9,13H,10-12H2,1-5H3. The highest BCUT2D eigenvalue weighted by atomic mass is 79.9. The van der Waals surface area contributed by atoms with Crippen molar-refractivity contribution in [1.82, 2.24) is 4.90 Å². The van der Waals surface area contributed by atoms with E-state index in [1.165, 1.54) is 0 Å². The minimum Gasteiger partial charge on any atom is -0.341 e. The molecule has 3 heteroatoms. The fourth-order valence-corrected chi connectivity index (χ4v) is 2.79. The van der Waals surface area contributed by atoms with E-state index in [1.54, 1.807) is 0 Å². The average molecular weight is 340 g/mol. The summed E-state index contributed by atoms with van der Waals surface area (Å²) in [4.78, 5) is 14.0. The van der Waals surface area contributed by atoms with Gasteiger partial charge in [0, 0.05) is 24.5 Å². The molecule has 0 radical (unpaired) electrons. The maximum absolute atomic E-state index is 12.2. The summed E-state index contributed by atoms with van der Waals surface area (Å²) in [5.74, 6) is 0.652. The molecule has 0 fully saturated rings. The van der Waals surface area contributed by atoms with Crippen molar-refractivity contribution in [2.24, 2.45) is 11.3 Å². The molecule has 112 valence electrons. The maximum atomic E-state index is 12.2. The summed E-state index contributed by atoms with van der Waals surface area (Å²) in [5, 5.41) is 0. The summed E-state index contributed by atoms with van der Waals surface area (Å²) in [5.41, 5.74) is 1.44. The fraction of sp³-hybridized carbons (Fsp3) is 0.588. The van der Waals surface area contributed by atoms with Crippen LogP contribution in [0.25, 0.3) is 0 Å². The molecule has 0 saturated carbocycles. The van der Waals surface area contributed by atoms with Gasteiger partial charge in [-0.15, -0.1) is 0 Å². The number of hydrogen-bond acceptors (Lipinski definition) is 1. The number of carbonyl (C=O) groups excluding carboxylic acids is 1. The lowest BCUT2D eigenvalue weighted by Gasteiger charge is -2.25. The van der Waals surface area contributed by atoms with Crippen LogP contribution in [0.5, 0.6) is 0 Å². The lowest BCUT2D eigenvalue weighted by molar-refractivity contribution is -0.131. The molecule has 1 unspecified atom stereocenters. The van der Waals surface area contributed by atoms with Gasteiger partial charge in [0.05, 0.1) is 0 Å². The Morgan fingerprint density at radius 1 is 1.25 bits per heavy atom. The Balaban J connectivity index is 2.48. The van der Waals surface area contributed by atoms with E-state index in [9.17, 15) is 4.79 Å². The van der Waals surface area contributed by atoms with E-state index in [1.807, 2.05) is 36.2 Å². The second kappa shape index (κ2) is 7.26. The van der Waals surface area contributed by atoms with Crippen LogP contribution in [0.4, 0.5) is 0 Å². The van der Waals surface area contributed by atoms with Gasteiger partial charge in [-0.25, -0.2) is 0 Å². The molecule has 0 spiro atoms. The first kappa shape index (κ1) is 17.2. The first-order valence-corrected chi connectivity index (χ1v) is 7.95. The van der Waals surface area contributed by atoms with Crippen LogP contribution in [0.1, 0.15) is 46.1 Å². The lowest BCUT2D eigenvalue weighted by Crippen LogP contribution is -2.28. The number of amides is 1. The Morgan fingerprint density at radius 2 is 1.80 bits per heavy atom. The van der Waals surface area contributed by atoms with Crippen molar-refractivity contribution in [2.45, 2.75) is 47.1 Å². The topological polar surface area (TPSA) is 20.3 Å². The molecule has 0 N–H and O–H groups in total. The molecule has 1 aromatic rings. The van der Waals surface area contributed by atoms with Crippen molar-refractivity contribution in [2.75, 3.05) is 7.05 Å². The highest BCUT2D eigenvalue weighted by Crippen LogP contribution is 2.26. The molecule has 0 heterocycles. The molecule has 0 bridgehead atoms. The Morgan fingerprint density at radius 3 is 2.30 bits per heavy atom. The van der Waals surface area contributed by atoms with Crippen molar-refractivity contribution < 1.29 is 4.79 Å². The summed E-state index contributed by atoms with van der Waals surface area (Å²) in [6.07, 6.45) is 1.70. The van der Waals surface area contributed by atoms with Crippen molar-refractivity contribution in [3.8, 4) is 0 Å². The third-order valence-corrected chi connectivity index (χ3v) is 3.77. The summed E-state index contributed by atoms with van der Waals surface area (Å²) in [6.45, 7) is 9.50. The van der Waals surface area contributed by atoms with Crippen LogP contribution in [0, 0.1) is 11.3 Å². The second-order valence-corrected chi connectivity index (χ2v) is 7.87. The van der Waals surface area contributed by atoms with E-state index >= 15 is 0 Å². The van der Waals surface area contributed by atoms with Gasteiger partial charge in [0.25, 0.3) is 0 Å². The van der Waals surface area contributed by atoms with Gasteiger partial charge in [0.1, 0.15) is 0 Å². The lowest BCUT2D eigenvalue weighted by atomic mass is 9.84. The van der Waals surface area contributed by atoms with Crippen LogP contribution >= 0.6 is 15.9 Å². The molecule has 0 aliphatic carbocycles. The van der Waals surface area contributed by atoms with Crippen molar-refractivity contribution >= 4 is 21.8 Å². The molecule has 0 aliphatic heterocycles. The Labute approximate surface area is 131 Å². The molecule has 2 nitrogen and oxygen atoms in total. The number of carbonyl (C=O) groups is 1. The molecule has 1 aromatic carbocycles. The molecular weight excluding hydrogens is 314 g/mol. The molecule has 1 rings (SSSR count). The zero-order chi connectivity index (χ0) is 15.3. The van der Waals surface area contributed by atoms with E-state index < -0.39 is 0 Å². The van der Waals surface area contributed by atoms with Crippen LogP contribution in [0.15, 0.2) is 28.7 Å². The predicted molar refractivity (Wildman–Crippen MR) is 88.5 cm³/mol. The largest absolute Gasteiger partial charge is 0.341 e. The molecule has 1 amide bonds. The minimum atomic E-state index is 0.227. The SMILES string of the molecule is CC(CC(=O)N(C)Cc1ccc(Br)cc1)CC(C)(C)C. The van der Waals surface area contributed by atoms with Crippen molar-refractivity contribution in [1.29, 1.82) is 0 Å². The highest BCUT2D eigenvalue weighted by molar-refractivity contribution is 9.10. The first-order chi connectivity index (χ1) is 9.17. The van der Waals surface area contributed by atoms with Crippen LogP contribution in [0.2, 0.25) is 0 Å². The maximum Gasteiger partial charge on any atom is 0.222 e. The van der Waals surface area contributed by atoms with E-state index in [4.69, 9.17) is 0 Å². The van der Waals surface area contributed by atoms with E-state index in [0.717, 1.165) is 16.5 Å². The summed E-state index contributed by atoms with van der Waals surface area (Å²) < 4.78 is 1.06. The Hall–Kier alpha value is -0.830. The molecule has 0 saturated heterocycles. The second-order valence-electron chi connectivity index (χ2n) is 6.95. The zero-order valence-electron chi connectivity index (χ0n) is 13.2. The number of nitrogens with zero attached hydrogens (tertiary/aromatic N) is 1. The Bertz CT molecular complexity index is 433. The normalized spacial score (nSPS) is 13.1. The van der Waals surface area contributed by atoms with Crippen LogP contribution < -0.4 is 0 Å². The number of rotatable bonds is 5. The van der Waals surface area contributed by atoms with E-state index in [2.05, 4.69) is 43.6 Å². The van der Waals surface area contributed by atoms with Gasteiger partial charge in [-0.2, -0.15) is 0 Å². The van der Waals surface area contributed by atoms with Crippen LogP contribution in [0.3, 0.4) is 0 Å². The summed E-state index contributed by atoms with van der Waals surface area (Å²) >= 11 is 3.42. The fourth-order valence-electron chi connectivity index (χ4n) is 2.52. The number of benzene rings is 1. The van der Waals surface area contributed by atoms with E-state index in [0.29, 0.717) is 18.9 Å². The summed E-state index contributed by atoms with van der Waals surface area (Å²) in [7, 11) is 1.88. The number of hydrogen-bond donors (Lipinski definition) is 0. The minimum absolute atomic E-state index is 0.227. The molecular formula is C17H26BrNO. The van der Waals surface area contributed by atoms with Gasteiger partial charge >= 0.3 is 0 Å². The summed E-state index contributed by atoms with van der Waals surface area (Å²) in [6, 6.07) is 8.12. The monoisotopic (exact) mass is 339 g/mol. The van der Waals surface area contributed by atoms with Crippen molar-refractivity contribution in [3.05, 3.63) is 34.3 Å². The van der Waals surface area contributed by atoms with E-state index in [-0.39, 0.29) is 11.3 Å². The predicted octanol–water partition coefficient (Wildman–Crippen LogP) is 4.87. The first-order valence-electron chi connectivity index (χ1n) is 7.16. The van der Waals surface area contributed by atoms with Gasteiger partial charge in [0.2, 0.25) is 5.91 Å². The third kappa shape index (κ3) is 6.56. The molecule has 0 aromatic heterocycles. The van der Waals surface area contributed by atoms with Crippen molar-refractivity contribution in [3.63, 3.8) is 0 Å². The number of halogens is 1. The molecule has 1 atom stereocenters. The molecule has 0 aliphatic rings. The smallest absolute Gasteiger partial charge is 0.222 e. The van der Waals surface area contributed by atoms with Gasteiger partial charge in [0.15, 0.2) is 0 Å². The third-order valence-electron chi connectivity index (χ3n) is 3.24. The van der Waals surface area contributed by atoms with Crippen LogP contribution in [-0.2, 0) is 11.3 Å².